The van der Waals surface area contributed by atoms with Crippen LogP contribution in [0.15, 0.2) is 12.4 Å². The smallest absolute Gasteiger partial charge is 0.306 e. The Labute approximate surface area is 356 Å². The molecule has 0 radical (unpaired) electrons. The second-order valence-electron chi connectivity index (χ2n) is 17.7. The van der Waals surface area contributed by atoms with Crippen LogP contribution in [-0.2, 0) is 19.1 Å². The number of carbonyl (C=O) groups is 2. The molecule has 0 heterocycles. The maximum absolute atomic E-state index is 12.8. The zero-order chi connectivity index (χ0) is 42.0. The standard InChI is InChI=1S/C50H99N3O4/c1-8-11-14-17-22-29-37-48(38-30-23-18-15-12-9-2)57-50(55)40-32-25-20-27-34-43-53(44-35-41-51-47(5)52(6)7)42-33-26-19-24-31-39-49(54)56-45-46(4)36-28-21-16-13-10-3/h46,48,51H,5,8-45H2,1-4,6-7H3. The van der Waals surface area contributed by atoms with E-state index in [2.05, 4.69) is 44.5 Å². The lowest BCUT2D eigenvalue weighted by atomic mass is 10.0. The number of esters is 2. The Kier molecular flexibility index (Phi) is 41.1. The van der Waals surface area contributed by atoms with Gasteiger partial charge in [-0.25, -0.2) is 0 Å². The van der Waals surface area contributed by atoms with Gasteiger partial charge >= 0.3 is 11.9 Å². The first kappa shape index (κ1) is 55.2. The highest BCUT2D eigenvalue weighted by Gasteiger charge is 2.15. The van der Waals surface area contributed by atoms with E-state index in [0.29, 0.717) is 25.4 Å². The molecule has 0 saturated heterocycles. The van der Waals surface area contributed by atoms with Gasteiger partial charge in [0.2, 0.25) is 0 Å². The third-order valence-corrected chi connectivity index (χ3v) is 11.6. The molecule has 0 saturated carbocycles. The fraction of sp³-hybridized carbons (Fsp3) is 0.920. The van der Waals surface area contributed by atoms with E-state index < -0.39 is 0 Å². The van der Waals surface area contributed by atoms with E-state index in [1.54, 1.807) is 0 Å². The topological polar surface area (TPSA) is 71.1 Å². The molecule has 7 nitrogen and oxygen atoms in total. The van der Waals surface area contributed by atoms with Crippen LogP contribution in [0.1, 0.15) is 240 Å². The molecule has 7 heteroatoms. The monoisotopic (exact) mass is 806 g/mol. The Bertz CT molecular complexity index is 881. The van der Waals surface area contributed by atoms with Crippen molar-refractivity contribution in [3.63, 3.8) is 0 Å². The summed E-state index contributed by atoms with van der Waals surface area (Å²) in [5, 5.41) is 3.45. The van der Waals surface area contributed by atoms with Crippen molar-refractivity contribution in [3.8, 4) is 0 Å². The van der Waals surface area contributed by atoms with Crippen molar-refractivity contribution in [3.05, 3.63) is 12.4 Å². The number of nitrogens with zero attached hydrogens (tertiary/aromatic N) is 2. The first-order chi connectivity index (χ1) is 27.7. The quantitative estimate of drug-likeness (QED) is 0.0485. The van der Waals surface area contributed by atoms with Crippen LogP contribution in [0, 0.1) is 5.92 Å². The maximum Gasteiger partial charge on any atom is 0.306 e. The van der Waals surface area contributed by atoms with Gasteiger partial charge in [-0.1, -0.05) is 169 Å². The van der Waals surface area contributed by atoms with Crippen LogP contribution in [0.5, 0.6) is 0 Å². The van der Waals surface area contributed by atoms with Crippen molar-refractivity contribution < 1.29 is 19.1 Å². The van der Waals surface area contributed by atoms with E-state index in [9.17, 15) is 9.59 Å². The molecule has 0 aromatic rings. The van der Waals surface area contributed by atoms with E-state index in [-0.39, 0.29) is 18.0 Å². The average molecular weight is 806 g/mol. The minimum Gasteiger partial charge on any atom is -0.465 e. The third kappa shape index (κ3) is 39.5. The maximum atomic E-state index is 12.8. The van der Waals surface area contributed by atoms with Crippen LogP contribution in [0.3, 0.4) is 0 Å². The molecule has 0 aliphatic rings. The van der Waals surface area contributed by atoms with Gasteiger partial charge in [0.25, 0.3) is 0 Å². The Morgan fingerprint density at radius 2 is 0.930 bits per heavy atom. The highest BCUT2D eigenvalue weighted by molar-refractivity contribution is 5.69. The molecule has 57 heavy (non-hydrogen) atoms. The average Bonchev–Trinajstić information content (AvgIpc) is 3.19. The summed E-state index contributed by atoms with van der Waals surface area (Å²) in [5.74, 6) is 1.44. The fourth-order valence-electron chi connectivity index (χ4n) is 7.60. The van der Waals surface area contributed by atoms with Crippen LogP contribution in [-0.4, -0.2) is 74.7 Å². The predicted octanol–water partition coefficient (Wildman–Crippen LogP) is 13.9. The molecule has 0 aliphatic carbocycles. The lowest BCUT2D eigenvalue weighted by Gasteiger charge is -2.23. The number of hydrogen-bond acceptors (Lipinski definition) is 7. The van der Waals surface area contributed by atoms with Crippen molar-refractivity contribution in [2.24, 2.45) is 5.92 Å². The molecule has 0 aromatic heterocycles. The van der Waals surface area contributed by atoms with Crippen molar-refractivity contribution >= 4 is 11.9 Å². The third-order valence-electron chi connectivity index (χ3n) is 11.6. The first-order valence-electron chi connectivity index (χ1n) is 24.9. The summed E-state index contributed by atoms with van der Waals surface area (Å²) in [7, 11) is 4.05. The van der Waals surface area contributed by atoms with E-state index in [1.165, 1.54) is 148 Å². The highest BCUT2D eigenvalue weighted by Crippen LogP contribution is 2.19. The molecule has 0 spiro atoms. The van der Waals surface area contributed by atoms with Crippen LogP contribution >= 0.6 is 0 Å². The number of carbonyl (C=O) groups excluding carboxylic acids is 2. The second-order valence-corrected chi connectivity index (χ2v) is 17.7. The van der Waals surface area contributed by atoms with Gasteiger partial charge in [0.05, 0.1) is 12.4 Å². The number of ether oxygens (including phenoxy) is 2. The number of rotatable bonds is 45. The molecule has 338 valence electrons. The summed E-state index contributed by atoms with van der Waals surface area (Å²) in [6.45, 7) is 18.0. The normalized spacial score (nSPS) is 12.0. The van der Waals surface area contributed by atoms with E-state index in [0.717, 1.165) is 83.4 Å². The molecule has 0 bridgehead atoms. The summed E-state index contributed by atoms with van der Waals surface area (Å²) >= 11 is 0. The Morgan fingerprint density at radius 3 is 1.42 bits per heavy atom. The van der Waals surface area contributed by atoms with Crippen LogP contribution in [0.4, 0.5) is 0 Å². The SMILES string of the molecule is C=C(NCCCN(CCCCCCCC(=O)OCC(C)CCCCCCC)CCCCCCCC(=O)OC(CCCCCCCC)CCCCCCCC)N(C)C. The van der Waals surface area contributed by atoms with E-state index in [4.69, 9.17) is 9.47 Å². The Hall–Kier alpha value is -1.76. The lowest BCUT2D eigenvalue weighted by molar-refractivity contribution is -0.150. The Balaban J connectivity index is 4.40. The van der Waals surface area contributed by atoms with Crippen LogP contribution in [0.2, 0.25) is 0 Å². The van der Waals surface area contributed by atoms with Gasteiger partial charge in [-0.05, 0) is 89.8 Å². The van der Waals surface area contributed by atoms with Gasteiger partial charge in [0.1, 0.15) is 6.10 Å². The van der Waals surface area contributed by atoms with Gasteiger partial charge in [0.15, 0.2) is 0 Å². The van der Waals surface area contributed by atoms with Crippen molar-refractivity contribution in [2.75, 3.05) is 46.9 Å². The highest BCUT2D eigenvalue weighted by atomic mass is 16.5. The lowest BCUT2D eigenvalue weighted by Crippen LogP contribution is -2.31. The summed E-state index contributed by atoms with van der Waals surface area (Å²) in [6, 6.07) is 0. The predicted molar refractivity (Wildman–Crippen MR) is 247 cm³/mol. The molecule has 0 amide bonds. The van der Waals surface area contributed by atoms with Crippen LogP contribution in [0.25, 0.3) is 0 Å². The summed E-state index contributed by atoms with van der Waals surface area (Å²) in [6.07, 6.45) is 38.8. The summed E-state index contributed by atoms with van der Waals surface area (Å²) in [4.78, 5) is 29.8. The largest absolute Gasteiger partial charge is 0.465 e. The van der Waals surface area contributed by atoms with Gasteiger partial charge in [-0.15, -0.1) is 0 Å². The molecule has 0 rings (SSSR count). The molecule has 0 fully saturated rings. The zero-order valence-corrected chi connectivity index (χ0v) is 39.3. The van der Waals surface area contributed by atoms with Gasteiger partial charge in [-0.3, -0.25) is 9.59 Å². The molecule has 0 aliphatic heterocycles. The molecular weight excluding hydrogens is 707 g/mol. The molecular formula is C50H99N3O4. The van der Waals surface area contributed by atoms with Crippen LogP contribution < -0.4 is 5.32 Å². The summed E-state index contributed by atoms with van der Waals surface area (Å²) < 4.78 is 11.7. The molecule has 1 unspecified atom stereocenters. The van der Waals surface area contributed by atoms with E-state index >= 15 is 0 Å². The van der Waals surface area contributed by atoms with Gasteiger partial charge in [0, 0.05) is 33.5 Å². The van der Waals surface area contributed by atoms with Gasteiger partial charge < -0.3 is 24.6 Å². The molecule has 1 atom stereocenters. The summed E-state index contributed by atoms with van der Waals surface area (Å²) in [5.41, 5.74) is 0. The van der Waals surface area contributed by atoms with Crippen molar-refractivity contribution in [1.29, 1.82) is 0 Å². The number of unbranched alkanes of at least 4 members (excludes halogenated alkanes) is 22. The van der Waals surface area contributed by atoms with Gasteiger partial charge in [-0.2, -0.15) is 0 Å². The number of hydrogen-bond donors (Lipinski definition) is 1. The first-order valence-corrected chi connectivity index (χ1v) is 24.9. The minimum atomic E-state index is -0.0178. The molecule has 0 aromatic carbocycles. The van der Waals surface area contributed by atoms with Crippen molar-refractivity contribution in [1.82, 2.24) is 15.1 Å². The Morgan fingerprint density at radius 1 is 0.526 bits per heavy atom. The van der Waals surface area contributed by atoms with Crippen molar-refractivity contribution in [2.45, 2.75) is 246 Å². The number of nitrogens with one attached hydrogen (secondary N) is 1. The molecule has 1 N–H and O–H groups in total. The minimum absolute atomic E-state index is 0.0178. The fourth-order valence-corrected chi connectivity index (χ4v) is 7.60. The van der Waals surface area contributed by atoms with E-state index in [1.807, 2.05) is 19.0 Å². The zero-order valence-electron chi connectivity index (χ0n) is 39.3. The second kappa shape index (κ2) is 42.4.